The van der Waals surface area contributed by atoms with Gasteiger partial charge in [-0.05, 0) is 46.6 Å². The average molecular weight is 257 g/mol. The molecule has 3 heteroatoms. The van der Waals surface area contributed by atoms with Crippen molar-refractivity contribution in [1.82, 2.24) is 5.32 Å². The maximum absolute atomic E-state index is 5.78. The standard InChI is InChI=1S/C11H17BrN2/c1-2-3-6-14-8-9-4-5-10(12)11(13)7-9/h4-5,7,14H,2-3,6,8,13H2,1H3. The van der Waals surface area contributed by atoms with Crippen LogP contribution in [0.15, 0.2) is 22.7 Å². The first-order valence-electron chi connectivity index (χ1n) is 4.98. The van der Waals surface area contributed by atoms with Crippen LogP contribution in [0.25, 0.3) is 0 Å². The summed E-state index contributed by atoms with van der Waals surface area (Å²) in [7, 11) is 0. The van der Waals surface area contributed by atoms with Crippen molar-refractivity contribution < 1.29 is 0 Å². The number of hydrogen-bond acceptors (Lipinski definition) is 2. The van der Waals surface area contributed by atoms with Crippen molar-refractivity contribution in [2.24, 2.45) is 0 Å². The van der Waals surface area contributed by atoms with E-state index >= 15 is 0 Å². The SMILES string of the molecule is CCCCNCc1ccc(Br)c(N)c1. The molecule has 0 aromatic heterocycles. The molecule has 1 aromatic carbocycles. The van der Waals surface area contributed by atoms with Gasteiger partial charge in [0, 0.05) is 16.7 Å². The number of unbranched alkanes of at least 4 members (excludes halogenated alkanes) is 1. The fourth-order valence-corrected chi connectivity index (χ4v) is 1.48. The number of hydrogen-bond donors (Lipinski definition) is 2. The molecule has 0 saturated heterocycles. The zero-order chi connectivity index (χ0) is 10.4. The van der Waals surface area contributed by atoms with E-state index in [1.165, 1.54) is 18.4 Å². The lowest BCUT2D eigenvalue weighted by molar-refractivity contribution is 0.641. The molecule has 0 aliphatic carbocycles. The van der Waals surface area contributed by atoms with Crippen LogP contribution in [-0.2, 0) is 6.54 Å². The first-order valence-corrected chi connectivity index (χ1v) is 5.78. The summed E-state index contributed by atoms with van der Waals surface area (Å²) >= 11 is 3.38. The van der Waals surface area contributed by atoms with Gasteiger partial charge < -0.3 is 11.1 Å². The predicted octanol–water partition coefficient (Wildman–Crippen LogP) is 2.92. The number of anilines is 1. The highest BCUT2D eigenvalue weighted by molar-refractivity contribution is 9.10. The van der Waals surface area contributed by atoms with Crippen molar-refractivity contribution in [2.45, 2.75) is 26.3 Å². The van der Waals surface area contributed by atoms with Gasteiger partial charge in [-0.2, -0.15) is 0 Å². The first-order chi connectivity index (χ1) is 6.74. The normalized spacial score (nSPS) is 10.4. The number of rotatable bonds is 5. The molecular weight excluding hydrogens is 240 g/mol. The lowest BCUT2D eigenvalue weighted by atomic mass is 10.2. The number of benzene rings is 1. The Hall–Kier alpha value is -0.540. The van der Waals surface area contributed by atoms with Gasteiger partial charge in [0.25, 0.3) is 0 Å². The number of nitrogens with one attached hydrogen (secondary N) is 1. The quantitative estimate of drug-likeness (QED) is 0.628. The molecular formula is C11H17BrN2. The summed E-state index contributed by atoms with van der Waals surface area (Å²) in [6, 6.07) is 6.08. The molecule has 0 aliphatic heterocycles. The fourth-order valence-electron chi connectivity index (χ4n) is 1.24. The monoisotopic (exact) mass is 256 g/mol. The van der Waals surface area contributed by atoms with Gasteiger partial charge in [0.2, 0.25) is 0 Å². The Bertz CT molecular complexity index is 287. The van der Waals surface area contributed by atoms with Crippen molar-refractivity contribution in [3.05, 3.63) is 28.2 Å². The van der Waals surface area contributed by atoms with E-state index in [1.807, 2.05) is 12.1 Å². The molecule has 0 aliphatic rings. The van der Waals surface area contributed by atoms with E-state index in [2.05, 4.69) is 34.2 Å². The molecule has 0 bridgehead atoms. The van der Waals surface area contributed by atoms with Gasteiger partial charge in [-0.15, -0.1) is 0 Å². The maximum Gasteiger partial charge on any atom is 0.0461 e. The van der Waals surface area contributed by atoms with Crippen molar-refractivity contribution in [3.63, 3.8) is 0 Å². The molecule has 14 heavy (non-hydrogen) atoms. The van der Waals surface area contributed by atoms with Crippen LogP contribution in [-0.4, -0.2) is 6.54 Å². The topological polar surface area (TPSA) is 38.0 Å². The second-order valence-corrected chi connectivity index (χ2v) is 4.24. The predicted molar refractivity (Wildman–Crippen MR) is 65.2 cm³/mol. The zero-order valence-corrected chi connectivity index (χ0v) is 10.1. The van der Waals surface area contributed by atoms with Gasteiger partial charge in [-0.1, -0.05) is 19.4 Å². The largest absolute Gasteiger partial charge is 0.398 e. The van der Waals surface area contributed by atoms with Crippen LogP contribution < -0.4 is 11.1 Å². The van der Waals surface area contributed by atoms with Crippen LogP contribution in [0, 0.1) is 0 Å². The Labute approximate surface area is 94.0 Å². The highest BCUT2D eigenvalue weighted by Crippen LogP contribution is 2.19. The average Bonchev–Trinajstić information content (AvgIpc) is 2.18. The fraction of sp³-hybridized carbons (Fsp3) is 0.455. The Morgan fingerprint density at radius 2 is 2.21 bits per heavy atom. The minimum Gasteiger partial charge on any atom is -0.398 e. The lowest BCUT2D eigenvalue weighted by Crippen LogP contribution is -2.14. The Balaban J connectivity index is 2.39. The molecule has 0 atom stereocenters. The molecule has 0 spiro atoms. The summed E-state index contributed by atoms with van der Waals surface area (Å²) in [5.41, 5.74) is 7.82. The van der Waals surface area contributed by atoms with Crippen molar-refractivity contribution in [1.29, 1.82) is 0 Å². The van der Waals surface area contributed by atoms with Crippen LogP contribution in [0.1, 0.15) is 25.3 Å². The molecule has 0 fully saturated rings. The first kappa shape index (κ1) is 11.5. The summed E-state index contributed by atoms with van der Waals surface area (Å²) in [6.07, 6.45) is 2.46. The molecule has 0 unspecified atom stereocenters. The molecule has 1 rings (SSSR count). The minimum absolute atomic E-state index is 0.805. The van der Waals surface area contributed by atoms with Gasteiger partial charge in [0.1, 0.15) is 0 Å². The van der Waals surface area contributed by atoms with Gasteiger partial charge in [0.15, 0.2) is 0 Å². The van der Waals surface area contributed by atoms with Crippen LogP contribution in [0.3, 0.4) is 0 Å². The van der Waals surface area contributed by atoms with E-state index in [1.54, 1.807) is 0 Å². The summed E-state index contributed by atoms with van der Waals surface area (Å²) in [4.78, 5) is 0. The van der Waals surface area contributed by atoms with E-state index < -0.39 is 0 Å². The highest BCUT2D eigenvalue weighted by atomic mass is 79.9. The van der Waals surface area contributed by atoms with Crippen LogP contribution in [0.2, 0.25) is 0 Å². The third kappa shape index (κ3) is 3.68. The summed E-state index contributed by atoms with van der Waals surface area (Å²) in [5.74, 6) is 0. The van der Waals surface area contributed by atoms with Crippen LogP contribution in [0.4, 0.5) is 5.69 Å². The second kappa shape index (κ2) is 6.04. The van der Waals surface area contributed by atoms with E-state index in [-0.39, 0.29) is 0 Å². The van der Waals surface area contributed by atoms with Gasteiger partial charge in [-0.25, -0.2) is 0 Å². The van der Waals surface area contributed by atoms with Crippen molar-refractivity contribution in [3.8, 4) is 0 Å². The van der Waals surface area contributed by atoms with E-state index in [9.17, 15) is 0 Å². The van der Waals surface area contributed by atoms with E-state index in [4.69, 9.17) is 5.73 Å². The molecule has 0 amide bonds. The van der Waals surface area contributed by atoms with Gasteiger partial charge in [-0.3, -0.25) is 0 Å². The Kier molecular flexibility index (Phi) is 4.98. The van der Waals surface area contributed by atoms with Crippen LogP contribution in [0.5, 0.6) is 0 Å². The molecule has 78 valence electrons. The van der Waals surface area contributed by atoms with Crippen molar-refractivity contribution in [2.75, 3.05) is 12.3 Å². The smallest absolute Gasteiger partial charge is 0.0461 e. The molecule has 0 heterocycles. The molecule has 3 N–H and O–H groups in total. The molecule has 1 aromatic rings. The number of halogens is 1. The molecule has 0 saturated carbocycles. The minimum atomic E-state index is 0.805. The second-order valence-electron chi connectivity index (χ2n) is 3.39. The van der Waals surface area contributed by atoms with Gasteiger partial charge in [0.05, 0.1) is 0 Å². The summed E-state index contributed by atoms with van der Waals surface area (Å²) < 4.78 is 0.967. The van der Waals surface area contributed by atoms with Crippen LogP contribution >= 0.6 is 15.9 Å². The van der Waals surface area contributed by atoms with E-state index in [0.717, 1.165) is 23.2 Å². The Morgan fingerprint density at radius 3 is 2.86 bits per heavy atom. The van der Waals surface area contributed by atoms with Gasteiger partial charge >= 0.3 is 0 Å². The number of nitrogen functional groups attached to an aromatic ring is 1. The lowest BCUT2D eigenvalue weighted by Gasteiger charge is -2.05. The molecule has 2 nitrogen and oxygen atoms in total. The summed E-state index contributed by atoms with van der Waals surface area (Å²) in [6.45, 7) is 4.17. The zero-order valence-electron chi connectivity index (χ0n) is 8.52. The maximum atomic E-state index is 5.78. The van der Waals surface area contributed by atoms with E-state index in [0.29, 0.717) is 0 Å². The third-order valence-electron chi connectivity index (χ3n) is 2.10. The summed E-state index contributed by atoms with van der Waals surface area (Å²) in [5, 5.41) is 3.38. The highest BCUT2D eigenvalue weighted by Gasteiger charge is 1.97. The third-order valence-corrected chi connectivity index (χ3v) is 2.82. The van der Waals surface area contributed by atoms with Crippen molar-refractivity contribution >= 4 is 21.6 Å². The number of nitrogens with two attached hydrogens (primary N) is 1. The Morgan fingerprint density at radius 1 is 1.43 bits per heavy atom. The molecule has 0 radical (unpaired) electrons.